The normalized spacial score (nSPS) is 12.4. The fourth-order valence-electron chi connectivity index (χ4n) is 2.94. The van der Waals surface area contributed by atoms with Gasteiger partial charge in [-0.1, -0.05) is 67.6 Å². The molecule has 3 rings (SSSR count). The predicted octanol–water partition coefficient (Wildman–Crippen LogP) is 5.09. The van der Waals surface area contributed by atoms with Crippen molar-refractivity contribution in [3.05, 3.63) is 77.9 Å². The van der Waals surface area contributed by atoms with E-state index >= 15 is 0 Å². The minimum atomic E-state index is 0.224. The van der Waals surface area contributed by atoms with Crippen molar-refractivity contribution < 1.29 is 5.11 Å². The summed E-state index contributed by atoms with van der Waals surface area (Å²) in [6.07, 6.45) is 0.964. The minimum Gasteiger partial charge on any atom is -0.508 e. The highest BCUT2D eigenvalue weighted by molar-refractivity contribution is 5.88. The molecule has 0 heterocycles. The number of hydrogen-bond donors (Lipinski definition) is 1. The molecule has 0 spiro atoms. The van der Waals surface area contributed by atoms with Crippen LogP contribution in [0.4, 0.5) is 0 Å². The van der Waals surface area contributed by atoms with E-state index in [2.05, 4.69) is 43.3 Å². The standard InChI is InChI=1S/C19H18O/c1-2-16(14-8-4-3-5-9-14)19-17-11-7-6-10-15(17)12-13-18(19)20/h3-13,16,20H,2H2,1H3. The van der Waals surface area contributed by atoms with Crippen molar-refractivity contribution in [2.24, 2.45) is 0 Å². The second-order valence-corrected chi connectivity index (χ2v) is 5.09. The van der Waals surface area contributed by atoms with Crippen LogP contribution >= 0.6 is 0 Å². The molecule has 0 aliphatic carbocycles. The van der Waals surface area contributed by atoms with E-state index in [0.29, 0.717) is 5.75 Å². The summed E-state index contributed by atoms with van der Waals surface area (Å²) < 4.78 is 0. The number of phenols is 1. The molecule has 0 aliphatic heterocycles. The van der Waals surface area contributed by atoms with E-state index in [1.54, 1.807) is 0 Å². The van der Waals surface area contributed by atoms with E-state index in [1.807, 2.05) is 30.3 Å². The van der Waals surface area contributed by atoms with Gasteiger partial charge in [-0.25, -0.2) is 0 Å². The SMILES string of the molecule is CCC(c1ccccc1)c1c(O)ccc2ccccc12. The highest BCUT2D eigenvalue weighted by Gasteiger charge is 2.18. The zero-order valence-corrected chi connectivity index (χ0v) is 11.6. The molecule has 0 radical (unpaired) electrons. The smallest absolute Gasteiger partial charge is 0.120 e. The van der Waals surface area contributed by atoms with Crippen LogP contribution in [-0.2, 0) is 0 Å². The maximum Gasteiger partial charge on any atom is 0.120 e. The Kier molecular flexibility index (Phi) is 3.42. The van der Waals surface area contributed by atoms with E-state index in [9.17, 15) is 5.11 Å². The Labute approximate surface area is 119 Å². The predicted molar refractivity (Wildman–Crippen MR) is 84.2 cm³/mol. The van der Waals surface area contributed by atoms with Crippen molar-refractivity contribution in [2.75, 3.05) is 0 Å². The van der Waals surface area contributed by atoms with Crippen LogP contribution in [0.2, 0.25) is 0 Å². The van der Waals surface area contributed by atoms with Crippen LogP contribution in [0.25, 0.3) is 10.8 Å². The van der Waals surface area contributed by atoms with Gasteiger partial charge in [-0.15, -0.1) is 0 Å². The van der Waals surface area contributed by atoms with Crippen LogP contribution in [0.3, 0.4) is 0 Å². The average molecular weight is 262 g/mol. The molecular formula is C19H18O. The van der Waals surface area contributed by atoms with Gasteiger partial charge in [-0.3, -0.25) is 0 Å². The van der Waals surface area contributed by atoms with E-state index < -0.39 is 0 Å². The second-order valence-electron chi connectivity index (χ2n) is 5.09. The molecule has 1 N–H and O–H groups in total. The molecule has 0 aromatic heterocycles. The number of fused-ring (bicyclic) bond motifs is 1. The minimum absolute atomic E-state index is 0.224. The van der Waals surface area contributed by atoms with Crippen molar-refractivity contribution in [3.8, 4) is 5.75 Å². The molecule has 0 bridgehead atoms. The Bertz CT molecular complexity index is 716. The lowest BCUT2D eigenvalue weighted by atomic mass is 9.85. The van der Waals surface area contributed by atoms with E-state index in [1.165, 1.54) is 10.9 Å². The molecule has 20 heavy (non-hydrogen) atoms. The molecule has 0 aliphatic rings. The first-order chi connectivity index (χ1) is 9.81. The molecule has 1 nitrogen and oxygen atoms in total. The zero-order valence-electron chi connectivity index (χ0n) is 11.6. The van der Waals surface area contributed by atoms with Gasteiger partial charge in [0.15, 0.2) is 0 Å². The summed E-state index contributed by atoms with van der Waals surface area (Å²) in [5, 5.41) is 12.7. The number of rotatable bonds is 3. The number of phenolic OH excluding ortho intramolecular Hbond substituents is 1. The number of hydrogen-bond acceptors (Lipinski definition) is 1. The summed E-state index contributed by atoms with van der Waals surface area (Å²) in [5.74, 6) is 0.613. The first-order valence-corrected chi connectivity index (χ1v) is 7.07. The van der Waals surface area contributed by atoms with E-state index in [0.717, 1.165) is 17.4 Å². The maximum atomic E-state index is 10.4. The van der Waals surface area contributed by atoms with Crippen molar-refractivity contribution in [1.29, 1.82) is 0 Å². The molecule has 0 fully saturated rings. The molecule has 100 valence electrons. The van der Waals surface area contributed by atoms with Crippen molar-refractivity contribution in [2.45, 2.75) is 19.3 Å². The van der Waals surface area contributed by atoms with Crippen LogP contribution in [0.5, 0.6) is 5.75 Å². The van der Waals surface area contributed by atoms with Crippen LogP contribution in [0.1, 0.15) is 30.4 Å². The summed E-state index contributed by atoms with van der Waals surface area (Å²) in [6.45, 7) is 2.17. The Balaban J connectivity index is 2.24. The molecule has 0 saturated heterocycles. The second kappa shape index (κ2) is 5.38. The van der Waals surface area contributed by atoms with Gasteiger partial charge in [0.2, 0.25) is 0 Å². The molecule has 0 amide bonds. The zero-order chi connectivity index (χ0) is 13.9. The summed E-state index contributed by atoms with van der Waals surface area (Å²) in [4.78, 5) is 0. The van der Waals surface area contributed by atoms with Gasteiger partial charge >= 0.3 is 0 Å². The van der Waals surface area contributed by atoms with Gasteiger partial charge in [-0.2, -0.15) is 0 Å². The van der Waals surface area contributed by atoms with Crippen LogP contribution < -0.4 is 0 Å². The molecule has 0 saturated carbocycles. The van der Waals surface area contributed by atoms with Crippen LogP contribution in [0, 0.1) is 0 Å². The summed E-state index contributed by atoms with van der Waals surface area (Å²) in [5.41, 5.74) is 2.29. The monoisotopic (exact) mass is 262 g/mol. The Morgan fingerprint density at radius 3 is 2.30 bits per heavy atom. The molecule has 1 heteroatoms. The number of benzene rings is 3. The topological polar surface area (TPSA) is 20.2 Å². The maximum absolute atomic E-state index is 10.4. The van der Waals surface area contributed by atoms with Crippen LogP contribution in [0.15, 0.2) is 66.7 Å². The average Bonchev–Trinajstić information content (AvgIpc) is 2.51. The van der Waals surface area contributed by atoms with Crippen molar-refractivity contribution in [1.82, 2.24) is 0 Å². The number of aromatic hydroxyl groups is 1. The van der Waals surface area contributed by atoms with E-state index in [-0.39, 0.29) is 5.92 Å². The highest BCUT2D eigenvalue weighted by Crippen LogP contribution is 2.38. The van der Waals surface area contributed by atoms with Gasteiger partial charge < -0.3 is 5.11 Å². The van der Waals surface area contributed by atoms with Gasteiger partial charge in [0.1, 0.15) is 5.75 Å². The first kappa shape index (κ1) is 12.7. The molecule has 1 atom stereocenters. The Morgan fingerprint density at radius 2 is 1.55 bits per heavy atom. The van der Waals surface area contributed by atoms with Gasteiger partial charge in [0.05, 0.1) is 0 Å². The summed E-state index contributed by atoms with van der Waals surface area (Å²) >= 11 is 0. The fraction of sp³-hybridized carbons (Fsp3) is 0.158. The van der Waals surface area contributed by atoms with Gasteiger partial charge in [0, 0.05) is 11.5 Å². The van der Waals surface area contributed by atoms with Crippen LogP contribution in [-0.4, -0.2) is 5.11 Å². The Morgan fingerprint density at radius 1 is 0.850 bits per heavy atom. The third kappa shape index (κ3) is 2.16. The molecular weight excluding hydrogens is 244 g/mol. The van der Waals surface area contributed by atoms with Crippen molar-refractivity contribution in [3.63, 3.8) is 0 Å². The van der Waals surface area contributed by atoms with Gasteiger partial charge in [0.25, 0.3) is 0 Å². The summed E-state index contributed by atoms with van der Waals surface area (Å²) in [7, 11) is 0. The molecule has 3 aromatic carbocycles. The lowest BCUT2D eigenvalue weighted by Gasteiger charge is -2.19. The lowest BCUT2D eigenvalue weighted by molar-refractivity contribution is 0.465. The highest BCUT2D eigenvalue weighted by atomic mass is 16.3. The molecule has 1 unspecified atom stereocenters. The largest absolute Gasteiger partial charge is 0.508 e. The quantitative estimate of drug-likeness (QED) is 0.697. The summed E-state index contributed by atoms with van der Waals surface area (Å²) in [6, 6.07) is 22.4. The van der Waals surface area contributed by atoms with Gasteiger partial charge in [-0.05, 0) is 28.8 Å². The van der Waals surface area contributed by atoms with Crippen molar-refractivity contribution >= 4 is 10.8 Å². The first-order valence-electron chi connectivity index (χ1n) is 7.07. The fourth-order valence-corrected chi connectivity index (χ4v) is 2.94. The molecule has 3 aromatic rings. The van der Waals surface area contributed by atoms with E-state index in [4.69, 9.17) is 0 Å². The third-order valence-corrected chi connectivity index (χ3v) is 3.91. The lowest BCUT2D eigenvalue weighted by Crippen LogP contribution is -2.01. The third-order valence-electron chi connectivity index (χ3n) is 3.91. The Hall–Kier alpha value is -2.28.